The zero-order chi connectivity index (χ0) is 20.5. The van der Waals surface area contributed by atoms with Gasteiger partial charge in [0.15, 0.2) is 5.78 Å². The Morgan fingerprint density at radius 3 is 2.54 bits per heavy atom. The van der Waals surface area contributed by atoms with Crippen molar-refractivity contribution in [3.05, 3.63) is 35.9 Å². The van der Waals surface area contributed by atoms with Crippen LogP contribution in [0, 0.1) is 0 Å². The van der Waals surface area contributed by atoms with Crippen molar-refractivity contribution in [1.29, 1.82) is 0 Å². The van der Waals surface area contributed by atoms with E-state index in [4.69, 9.17) is 4.74 Å². The Bertz CT molecular complexity index is 704. The second-order valence-corrected chi connectivity index (χ2v) is 6.93. The molecule has 1 saturated heterocycles. The van der Waals surface area contributed by atoms with Crippen LogP contribution in [0.5, 0.6) is 0 Å². The second kappa shape index (κ2) is 10.6. The van der Waals surface area contributed by atoms with Gasteiger partial charge in [0.2, 0.25) is 11.8 Å². The van der Waals surface area contributed by atoms with Gasteiger partial charge in [-0.1, -0.05) is 30.3 Å². The number of rotatable bonds is 9. The molecule has 2 rings (SSSR count). The zero-order valence-corrected chi connectivity index (χ0v) is 16.6. The lowest BCUT2D eigenvalue weighted by Gasteiger charge is -2.24. The van der Waals surface area contributed by atoms with Crippen molar-refractivity contribution in [3.63, 3.8) is 0 Å². The van der Waals surface area contributed by atoms with E-state index in [1.807, 2.05) is 30.3 Å². The van der Waals surface area contributed by atoms with Gasteiger partial charge < -0.3 is 14.5 Å². The smallest absolute Gasteiger partial charge is 0.313 e. The highest BCUT2D eigenvalue weighted by Gasteiger charge is 2.34. The van der Waals surface area contributed by atoms with Gasteiger partial charge in [0.25, 0.3) is 0 Å². The summed E-state index contributed by atoms with van der Waals surface area (Å²) in [5.74, 6) is -1.20. The number of amides is 2. The van der Waals surface area contributed by atoms with Crippen molar-refractivity contribution in [2.75, 3.05) is 20.2 Å². The molecular formula is C21H28N2O5. The quantitative estimate of drug-likeness (QED) is 0.477. The van der Waals surface area contributed by atoms with Crippen LogP contribution in [0.3, 0.4) is 0 Å². The third-order valence-corrected chi connectivity index (χ3v) is 4.81. The van der Waals surface area contributed by atoms with E-state index in [9.17, 15) is 19.2 Å². The molecule has 0 radical (unpaired) electrons. The fraction of sp³-hybridized carbons (Fsp3) is 0.524. The maximum Gasteiger partial charge on any atom is 0.313 e. The van der Waals surface area contributed by atoms with Crippen molar-refractivity contribution in [2.24, 2.45) is 0 Å². The van der Waals surface area contributed by atoms with E-state index in [1.54, 1.807) is 18.9 Å². The van der Waals surface area contributed by atoms with Crippen LogP contribution in [0.1, 0.15) is 44.6 Å². The number of benzene rings is 1. The average Bonchev–Trinajstić information content (AvgIpc) is 3.16. The number of likely N-dealkylation sites (tertiary alicyclic amines) is 1. The second-order valence-electron chi connectivity index (χ2n) is 6.93. The van der Waals surface area contributed by atoms with Crippen molar-refractivity contribution >= 4 is 23.6 Å². The molecule has 0 aliphatic carbocycles. The van der Waals surface area contributed by atoms with Crippen molar-refractivity contribution < 1.29 is 23.9 Å². The summed E-state index contributed by atoms with van der Waals surface area (Å²) in [5, 5.41) is 0. The molecule has 0 spiro atoms. The number of ketones is 1. The molecule has 1 aliphatic heterocycles. The average molecular weight is 388 g/mol. The number of esters is 1. The first-order chi connectivity index (χ1) is 13.4. The summed E-state index contributed by atoms with van der Waals surface area (Å²) in [4.78, 5) is 51.8. The van der Waals surface area contributed by atoms with Crippen LogP contribution in [-0.2, 0) is 30.5 Å². The Morgan fingerprint density at radius 2 is 1.86 bits per heavy atom. The lowest BCUT2D eigenvalue weighted by Crippen LogP contribution is -2.41. The first-order valence-electron chi connectivity index (χ1n) is 9.68. The van der Waals surface area contributed by atoms with Crippen LogP contribution < -0.4 is 0 Å². The van der Waals surface area contributed by atoms with Crippen molar-refractivity contribution in [1.82, 2.24) is 9.80 Å². The summed E-state index contributed by atoms with van der Waals surface area (Å²) in [5.41, 5.74) is 1.02. The number of nitrogens with zero attached hydrogens (tertiary/aromatic N) is 2. The summed E-state index contributed by atoms with van der Waals surface area (Å²) < 4.78 is 4.81. The Balaban J connectivity index is 1.83. The topological polar surface area (TPSA) is 84.0 Å². The molecule has 0 bridgehead atoms. The Kier molecular flexibility index (Phi) is 8.17. The van der Waals surface area contributed by atoms with E-state index in [0.717, 1.165) is 5.56 Å². The summed E-state index contributed by atoms with van der Waals surface area (Å²) in [7, 11) is 1.71. The molecule has 0 aromatic heterocycles. The minimum absolute atomic E-state index is 0.0567. The molecule has 1 aromatic rings. The number of carbonyl (C=O) groups is 4. The Hall–Kier alpha value is -2.70. The third-order valence-electron chi connectivity index (χ3n) is 4.81. The molecule has 0 unspecified atom stereocenters. The molecule has 28 heavy (non-hydrogen) atoms. The van der Waals surface area contributed by atoms with Gasteiger partial charge >= 0.3 is 5.97 Å². The van der Waals surface area contributed by atoms with E-state index in [-0.39, 0.29) is 43.5 Å². The highest BCUT2D eigenvalue weighted by molar-refractivity contribution is 6.00. The number of hydrogen-bond acceptors (Lipinski definition) is 5. The molecule has 7 heteroatoms. The van der Waals surface area contributed by atoms with Gasteiger partial charge in [-0.25, -0.2) is 0 Å². The fourth-order valence-corrected chi connectivity index (χ4v) is 3.37. The van der Waals surface area contributed by atoms with Gasteiger partial charge in [0.1, 0.15) is 6.42 Å². The molecule has 2 amide bonds. The molecule has 1 fully saturated rings. The largest absolute Gasteiger partial charge is 0.466 e. The number of Topliss-reactive ketones (excluding diaryl/α,β-unsaturated/α-hetero) is 1. The summed E-state index contributed by atoms with van der Waals surface area (Å²) in [6.45, 7) is 2.86. The number of hydrogen-bond donors (Lipinski definition) is 0. The SMILES string of the molecule is CCOC(=O)CC(=O)[C@@H]1CCCN1C(=O)CCC(=O)N(C)Cc1ccccc1. The van der Waals surface area contributed by atoms with Gasteiger partial charge in [-0.15, -0.1) is 0 Å². The van der Waals surface area contributed by atoms with Gasteiger partial charge in [-0.05, 0) is 25.3 Å². The summed E-state index contributed by atoms with van der Waals surface area (Å²) in [6, 6.07) is 9.04. The zero-order valence-electron chi connectivity index (χ0n) is 16.6. The number of ether oxygens (including phenoxy) is 1. The lowest BCUT2D eigenvalue weighted by molar-refractivity contribution is -0.148. The predicted octanol–water partition coefficient (Wildman–Crippen LogP) is 1.94. The van der Waals surface area contributed by atoms with Crippen LogP contribution in [-0.4, -0.2) is 59.6 Å². The minimum Gasteiger partial charge on any atom is -0.466 e. The molecule has 1 aromatic carbocycles. The maximum absolute atomic E-state index is 12.5. The van der Waals surface area contributed by atoms with Gasteiger partial charge in [-0.2, -0.15) is 0 Å². The lowest BCUT2D eigenvalue weighted by atomic mass is 10.1. The van der Waals surface area contributed by atoms with Crippen LogP contribution in [0.15, 0.2) is 30.3 Å². The molecule has 1 aliphatic rings. The van der Waals surface area contributed by atoms with E-state index in [2.05, 4.69) is 0 Å². The summed E-state index contributed by atoms with van der Waals surface area (Å²) >= 11 is 0. The van der Waals surface area contributed by atoms with Gasteiger partial charge in [0.05, 0.1) is 12.6 Å². The number of carbonyl (C=O) groups excluding carboxylic acids is 4. The standard InChI is InChI=1S/C21H28N2O5/c1-3-28-21(27)14-18(24)17-10-7-13-23(17)20(26)12-11-19(25)22(2)15-16-8-5-4-6-9-16/h4-6,8-9,17H,3,7,10-15H2,1-2H3/t17-/m0/s1. The fourth-order valence-electron chi connectivity index (χ4n) is 3.37. The van der Waals surface area contributed by atoms with E-state index in [0.29, 0.717) is 25.9 Å². The van der Waals surface area contributed by atoms with E-state index < -0.39 is 12.0 Å². The van der Waals surface area contributed by atoms with Crippen LogP contribution in [0.25, 0.3) is 0 Å². The molecule has 0 N–H and O–H groups in total. The van der Waals surface area contributed by atoms with Crippen molar-refractivity contribution in [2.45, 2.75) is 51.6 Å². The highest BCUT2D eigenvalue weighted by atomic mass is 16.5. The van der Waals surface area contributed by atoms with Gasteiger partial charge in [-0.3, -0.25) is 19.2 Å². The first kappa shape index (κ1) is 21.6. The van der Waals surface area contributed by atoms with E-state index >= 15 is 0 Å². The predicted molar refractivity (Wildman–Crippen MR) is 103 cm³/mol. The molecule has 7 nitrogen and oxygen atoms in total. The van der Waals surface area contributed by atoms with Crippen molar-refractivity contribution in [3.8, 4) is 0 Å². The van der Waals surface area contributed by atoms with E-state index in [1.165, 1.54) is 4.90 Å². The summed E-state index contributed by atoms with van der Waals surface area (Å²) in [6.07, 6.45) is 1.10. The van der Waals surface area contributed by atoms with Crippen LogP contribution in [0.4, 0.5) is 0 Å². The highest BCUT2D eigenvalue weighted by Crippen LogP contribution is 2.21. The Labute approximate surface area is 165 Å². The van der Waals surface area contributed by atoms with Crippen LogP contribution in [0.2, 0.25) is 0 Å². The third kappa shape index (κ3) is 6.18. The van der Waals surface area contributed by atoms with Crippen LogP contribution >= 0.6 is 0 Å². The molecule has 1 heterocycles. The molecule has 0 saturated carbocycles. The molecule has 1 atom stereocenters. The minimum atomic E-state index is -0.589. The normalized spacial score (nSPS) is 15.9. The Morgan fingerprint density at radius 1 is 1.14 bits per heavy atom. The maximum atomic E-state index is 12.5. The molecule has 152 valence electrons. The monoisotopic (exact) mass is 388 g/mol. The first-order valence-corrected chi connectivity index (χ1v) is 9.68. The van der Waals surface area contributed by atoms with Gasteiger partial charge in [0, 0.05) is 33.0 Å². The molecular weight excluding hydrogens is 360 g/mol.